The number of carbonyl (C=O) groups is 1. The molecule has 3 rings (SSSR count). The molecule has 0 bridgehead atoms. The van der Waals surface area contributed by atoms with Gasteiger partial charge in [0.2, 0.25) is 0 Å². The number of methoxy groups -OCH3 is 1. The summed E-state index contributed by atoms with van der Waals surface area (Å²) in [6.07, 6.45) is 5.13. The summed E-state index contributed by atoms with van der Waals surface area (Å²) >= 11 is 0. The number of rotatable bonds is 5. The highest BCUT2D eigenvalue weighted by atomic mass is 16.5. The summed E-state index contributed by atoms with van der Waals surface area (Å²) in [5.74, 6) is 0.859. The molecule has 1 aliphatic rings. The van der Waals surface area contributed by atoms with Gasteiger partial charge in [-0.15, -0.1) is 0 Å². The Bertz CT molecular complexity index is 678. The number of carbonyl (C=O) groups excluding carboxylic acids is 1. The lowest BCUT2D eigenvalue weighted by atomic mass is 9.95. The Morgan fingerprint density at radius 3 is 2.83 bits per heavy atom. The van der Waals surface area contributed by atoms with Crippen LogP contribution in [0.3, 0.4) is 0 Å². The van der Waals surface area contributed by atoms with E-state index in [1.807, 2.05) is 23.1 Å². The minimum atomic E-state index is 0.0223. The Balaban J connectivity index is 1.81. The third-order valence-corrected chi connectivity index (χ3v) is 4.63. The van der Waals surface area contributed by atoms with Gasteiger partial charge in [-0.05, 0) is 49.4 Å². The molecule has 5 nitrogen and oxygen atoms in total. The number of nitrogens with zero attached hydrogens (tertiary/aromatic N) is 2. The fourth-order valence-electron chi connectivity index (χ4n) is 3.36. The molecule has 1 fully saturated rings. The standard InChI is InChI=1S/C19H25N3O2/c1-3-6-15-13-17(21-20-15)19(23)22-12-5-4-7-18(22)14-8-10-16(24-2)11-9-14/h8-11,13,18H,3-7,12H2,1-2H3,(H,20,21). The van der Waals surface area contributed by atoms with Crippen LogP contribution in [0.1, 0.15) is 60.4 Å². The van der Waals surface area contributed by atoms with Gasteiger partial charge in [-0.1, -0.05) is 25.5 Å². The van der Waals surface area contributed by atoms with Crippen LogP contribution in [-0.2, 0) is 6.42 Å². The fourth-order valence-corrected chi connectivity index (χ4v) is 3.36. The van der Waals surface area contributed by atoms with Crippen molar-refractivity contribution in [1.82, 2.24) is 15.1 Å². The summed E-state index contributed by atoms with van der Waals surface area (Å²) in [7, 11) is 1.66. The summed E-state index contributed by atoms with van der Waals surface area (Å²) in [5, 5.41) is 7.21. The van der Waals surface area contributed by atoms with Gasteiger partial charge in [0.05, 0.1) is 13.2 Å². The number of H-pyrrole nitrogens is 1. The number of aryl methyl sites for hydroxylation is 1. The summed E-state index contributed by atoms with van der Waals surface area (Å²) in [6.45, 7) is 2.90. The SMILES string of the molecule is CCCc1cc(C(=O)N2CCCCC2c2ccc(OC)cc2)n[nH]1. The van der Waals surface area contributed by atoms with Crippen molar-refractivity contribution in [2.24, 2.45) is 0 Å². The molecule has 1 aliphatic heterocycles. The predicted molar refractivity (Wildman–Crippen MR) is 93.2 cm³/mol. The number of nitrogens with one attached hydrogen (secondary N) is 1. The monoisotopic (exact) mass is 327 g/mol. The number of aromatic amines is 1. The van der Waals surface area contributed by atoms with Crippen molar-refractivity contribution in [3.05, 3.63) is 47.3 Å². The molecular weight excluding hydrogens is 302 g/mol. The van der Waals surface area contributed by atoms with E-state index in [9.17, 15) is 4.79 Å². The smallest absolute Gasteiger partial charge is 0.274 e. The molecule has 128 valence electrons. The van der Waals surface area contributed by atoms with Gasteiger partial charge in [0.1, 0.15) is 11.4 Å². The van der Waals surface area contributed by atoms with Gasteiger partial charge in [-0.3, -0.25) is 9.89 Å². The van der Waals surface area contributed by atoms with E-state index < -0.39 is 0 Å². The molecule has 1 aromatic carbocycles. The van der Waals surface area contributed by atoms with Crippen molar-refractivity contribution in [2.75, 3.05) is 13.7 Å². The number of hydrogen-bond donors (Lipinski definition) is 1. The first kappa shape index (κ1) is 16.6. The summed E-state index contributed by atoms with van der Waals surface area (Å²) < 4.78 is 5.23. The second kappa shape index (κ2) is 7.51. The van der Waals surface area contributed by atoms with Crippen LogP contribution < -0.4 is 4.74 Å². The number of amides is 1. The van der Waals surface area contributed by atoms with Gasteiger partial charge < -0.3 is 9.64 Å². The summed E-state index contributed by atoms with van der Waals surface area (Å²) in [6, 6.07) is 10.0. The zero-order valence-electron chi connectivity index (χ0n) is 14.4. The largest absolute Gasteiger partial charge is 0.497 e. The van der Waals surface area contributed by atoms with E-state index >= 15 is 0 Å². The molecule has 1 aromatic heterocycles. The molecular formula is C19H25N3O2. The highest BCUT2D eigenvalue weighted by molar-refractivity contribution is 5.92. The molecule has 0 aliphatic carbocycles. The molecule has 2 heterocycles. The molecule has 2 aromatic rings. The third-order valence-electron chi connectivity index (χ3n) is 4.63. The summed E-state index contributed by atoms with van der Waals surface area (Å²) in [5.41, 5.74) is 2.71. The Morgan fingerprint density at radius 2 is 2.12 bits per heavy atom. The highest BCUT2D eigenvalue weighted by Crippen LogP contribution is 2.32. The fraction of sp³-hybridized carbons (Fsp3) is 0.474. The van der Waals surface area contributed by atoms with E-state index in [0.29, 0.717) is 5.69 Å². The third kappa shape index (κ3) is 3.45. The number of piperidine rings is 1. The molecule has 5 heteroatoms. The first-order valence-corrected chi connectivity index (χ1v) is 8.72. The lowest BCUT2D eigenvalue weighted by Crippen LogP contribution is -2.38. The van der Waals surface area contributed by atoms with E-state index in [-0.39, 0.29) is 11.9 Å². The lowest BCUT2D eigenvalue weighted by Gasteiger charge is -2.35. The molecule has 0 radical (unpaired) electrons. The lowest BCUT2D eigenvalue weighted by molar-refractivity contribution is 0.0605. The molecule has 1 N–H and O–H groups in total. The Labute approximate surface area is 143 Å². The minimum Gasteiger partial charge on any atom is -0.497 e. The molecule has 0 spiro atoms. The van der Waals surface area contributed by atoms with Crippen LogP contribution >= 0.6 is 0 Å². The van der Waals surface area contributed by atoms with Crippen molar-refractivity contribution < 1.29 is 9.53 Å². The predicted octanol–water partition coefficient (Wildman–Crippen LogP) is 3.74. The maximum atomic E-state index is 12.9. The van der Waals surface area contributed by atoms with E-state index in [2.05, 4.69) is 29.3 Å². The number of likely N-dealkylation sites (tertiary alicyclic amines) is 1. The normalized spacial score (nSPS) is 17.8. The maximum Gasteiger partial charge on any atom is 0.274 e. The van der Waals surface area contributed by atoms with Gasteiger partial charge in [0.25, 0.3) is 5.91 Å². The van der Waals surface area contributed by atoms with Crippen LogP contribution in [0.5, 0.6) is 5.75 Å². The van der Waals surface area contributed by atoms with Gasteiger partial charge >= 0.3 is 0 Å². The molecule has 1 unspecified atom stereocenters. The van der Waals surface area contributed by atoms with Gasteiger partial charge in [-0.2, -0.15) is 5.10 Å². The average molecular weight is 327 g/mol. The van der Waals surface area contributed by atoms with Crippen molar-refractivity contribution >= 4 is 5.91 Å². The zero-order chi connectivity index (χ0) is 16.9. The molecule has 1 amide bonds. The minimum absolute atomic E-state index is 0.0223. The number of hydrogen-bond acceptors (Lipinski definition) is 3. The number of benzene rings is 1. The average Bonchev–Trinajstić information content (AvgIpc) is 3.10. The van der Waals surface area contributed by atoms with E-state index in [1.54, 1.807) is 7.11 Å². The Kier molecular flexibility index (Phi) is 5.18. The van der Waals surface area contributed by atoms with Crippen molar-refractivity contribution in [3.8, 4) is 5.75 Å². The van der Waals surface area contributed by atoms with Crippen LogP contribution in [0.15, 0.2) is 30.3 Å². The van der Waals surface area contributed by atoms with Crippen molar-refractivity contribution in [3.63, 3.8) is 0 Å². The molecule has 1 atom stereocenters. The second-order valence-electron chi connectivity index (χ2n) is 6.31. The van der Waals surface area contributed by atoms with Gasteiger partial charge in [0.15, 0.2) is 0 Å². The van der Waals surface area contributed by atoms with Crippen LogP contribution in [0.4, 0.5) is 0 Å². The maximum absolute atomic E-state index is 12.9. The van der Waals surface area contributed by atoms with Crippen LogP contribution in [0.25, 0.3) is 0 Å². The van der Waals surface area contributed by atoms with Gasteiger partial charge in [0, 0.05) is 12.2 Å². The molecule has 24 heavy (non-hydrogen) atoms. The second-order valence-corrected chi connectivity index (χ2v) is 6.31. The molecule has 0 saturated carbocycles. The topological polar surface area (TPSA) is 58.2 Å². The van der Waals surface area contributed by atoms with E-state index in [0.717, 1.165) is 55.7 Å². The van der Waals surface area contributed by atoms with Crippen molar-refractivity contribution in [1.29, 1.82) is 0 Å². The Hall–Kier alpha value is -2.30. The zero-order valence-corrected chi connectivity index (χ0v) is 14.4. The quantitative estimate of drug-likeness (QED) is 0.910. The summed E-state index contributed by atoms with van der Waals surface area (Å²) in [4.78, 5) is 14.9. The molecule has 1 saturated heterocycles. The Morgan fingerprint density at radius 1 is 1.33 bits per heavy atom. The highest BCUT2D eigenvalue weighted by Gasteiger charge is 2.29. The van der Waals surface area contributed by atoms with E-state index in [4.69, 9.17) is 4.74 Å². The number of ether oxygens (including phenoxy) is 1. The van der Waals surface area contributed by atoms with Crippen LogP contribution in [0.2, 0.25) is 0 Å². The van der Waals surface area contributed by atoms with Crippen molar-refractivity contribution in [2.45, 2.75) is 45.1 Å². The number of aromatic nitrogens is 2. The first-order valence-electron chi connectivity index (χ1n) is 8.72. The first-order chi connectivity index (χ1) is 11.7. The van der Waals surface area contributed by atoms with E-state index in [1.165, 1.54) is 0 Å². The van der Waals surface area contributed by atoms with Gasteiger partial charge in [-0.25, -0.2) is 0 Å². The van der Waals surface area contributed by atoms with Crippen LogP contribution in [-0.4, -0.2) is 34.7 Å². The van der Waals surface area contributed by atoms with Crippen LogP contribution in [0, 0.1) is 0 Å².